The Labute approximate surface area is 123 Å². The van der Waals surface area contributed by atoms with Crippen molar-refractivity contribution in [2.45, 2.75) is 45.1 Å². The fourth-order valence-corrected chi connectivity index (χ4v) is 3.40. The SMILES string of the molecule is CCC1C(=O)NC(=O)CN1C(=O)C1(C(N)=S)CCCC1. The molecule has 3 N–H and O–H groups in total. The molecule has 1 aliphatic heterocycles. The van der Waals surface area contributed by atoms with Crippen molar-refractivity contribution >= 4 is 34.9 Å². The van der Waals surface area contributed by atoms with Gasteiger partial charge in [0, 0.05) is 0 Å². The van der Waals surface area contributed by atoms with Gasteiger partial charge < -0.3 is 10.6 Å². The molecule has 0 aromatic heterocycles. The van der Waals surface area contributed by atoms with E-state index in [0.29, 0.717) is 19.3 Å². The summed E-state index contributed by atoms with van der Waals surface area (Å²) in [5, 5.41) is 2.26. The fraction of sp³-hybridized carbons (Fsp3) is 0.692. The van der Waals surface area contributed by atoms with Crippen LogP contribution < -0.4 is 11.1 Å². The largest absolute Gasteiger partial charge is 0.392 e. The zero-order valence-electron chi connectivity index (χ0n) is 11.5. The molecule has 3 amide bonds. The lowest BCUT2D eigenvalue weighted by molar-refractivity contribution is -0.153. The number of rotatable bonds is 3. The molecule has 1 aliphatic carbocycles. The van der Waals surface area contributed by atoms with E-state index in [1.807, 2.05) is 6.92 Å². The second-order valence-corrected chi connectivity index (χ2v) is 5.86. The first kappa shape index (κ1) is 14.9. The molecule has 0 radical (unpaired) electrons. The lowest BCUT2D eigenvalue weighted by Crippen LogP contribution is -2.63. The van der Waals surface area contributed by atoms with Gasteiger partial charge in [-0.05, 0) is 19.3 Å². The van der Waals surface area contributed by atoms with E-state index in [-0.39, 0.29) is 17.4 Å². The number of imide groups is 1. The van der Waals surface area contributed by atoms with Gasteiger partial charge in [-0.1, -0.05) is 32.0 Å². The smallest absolute Gasteiger partial charge is 0.249 e. The molecule has 2 fully saturated rings. The highest BCUT2D eigenvalue weighted by molar-refractivity contribution is 7.80. The van der Waals surface area contributed by atoms with Crippen molar-refractivity contribution in [3.05, 3.63) is 0 Å². The van der Waals surface area contributed by atoms with Gasteiger partial charge in [0.1, 0.15) is 12.6 Å². The second kappa shape index (κ2) is 5.47. The average molecular weight is 297 g/mol. The molecule has 2 aliphatic rings. The standard InChI is InChI=1S/C13H19N3O3S/c1-2-8-10(18)15-9(17)7-16(8)12(19)13(11(14)20)5-3-4-6-13/h8H,2-7H2,1H3,(H2,14,20)(H,15,17,18). The zero-order valence-corrected chi connectivity index (χ0v) is 12.3. The predicted octanol–water partition coefficient (Wildman–Crippen LogP) is 0.0965. The molecule has 0 bridgehead atoms. The molecule has 1 unspecified atom stereocenters. The molecule has 2 rings (SSSR count). The number of nitrogens with one attached hydrogen (secondary N) is 1. The third-order valence-corrected chi connectivity index (χ3v) is 4.63. The van der Waals surface area contributed by atoms with E-state index >= 15 is 0 Å². The van der Waals surface area contributed by atoms with E-state index in [2.05, 4.69) is 5.32 Å². The van der Waals surface area contributed by atoms with Crippen LogP contribution in [-0.2, 0) is 14.4 Å². The van der Waals surface area contributed by atoms with Crippen molar-refractivity contribution < 1.29 is 14.4 Å². The highest BCUT2D eigenvalue weighted by atomic mass is 32.1. The van der Waals surface area contributed by atoms with Crippen LogP contribution in [0.25, 0.3) is 0 Å². The third kappa shape index (κ3) is 2.30. The van der Waals surface area contributed by atoms with Crippen molar-refractivity contribution in [3.8, 4) is 0 Å². The van der Waals surface area contributed by atoms with Gasteiger partial charge in [0.05, 0.1) is 10.4 Å². The molecular weight excluding hydrogens is 278 g/mol. The minimum absolute atomic E-state index is 0.104. The molecule has 6 nitrogen and oxygen atoms in total. The summed E-state index contributed by atoms with van der Waals surface area (Å²) >= 11 is 5.09. The lowest BCUT2D eigenvalue weighted by Gasteiger charge is -2.39. The second-order valence-electron chi connectivity index (χ2n) is 5.42. The highest BCUT2D eigenvalue weighted by Crippen LogP contribution is 2.40. The number of carbonyl (C=O) groups excluding carboxylic acids is 3. The van der Waals surface area contributed by atoms with E-state index in [4.69, 9.17) is 18.0 Å². The lowest BCUT2D eigenvalue weighted by atomic mass is 9.83. The first-order valence-electron chi connectivity index (χ1n) is 6.87. The van der Waals surface area contributed by atoms with Crippen molar-refractivity contribution in [1.82, 2.24) is 10.2 Å². The fourth-order valence-electron chi connectivity index (χ4n) is 3.10. The minimum Gasteiger partial charge on any atom is -0.392 e. The van der Waals surface area contributed by atoms with E-state index in [1.165, 1.54) is 4.90 Å². The Morgan fingerprint density at radius 2 is 2.05 bits per heavy atom. The topological polar surface area (TPSA) is 92.5 Å². The zero-order chi connectivity index (χ0) is 14.9. The Morgan fingerprint density at radius 3 is 2.55 bits per heavy atom. The molecule has 1 saturated carbocycles. The molecule has 7 heteroatoms. The van der Waals surface area contributed by atoms with Gasteiger partial charge in [0.15, 0.2) is 0 Å². The third-order valence-electron chi connectivity index (χ3n) is 4.24. The molecule has 0 aromatic rings. The number of thiocarbonyl (C=S) groups is 1. The maximum absolute atomic E-state index is 12.9. The number of hydrogen-bond acceptors (Lipinski definition) is 4. The summed E-state index contributed by atoms with van der Waals surface area (Å²) in [6.07, 6.45) is 3.42. The van der Waals surface area contributed by atoms with Crippen LogP contribution in [-0.4, -0.2) is 40.2 Å². The summed E-state index contributed by atoms with van der Waals surface area (Å²) in [6.45, 7) is 1.70. The van der Waals surface area contributed by atoms with Crippen molar-refractivity contribution in [2.24, 2.45) is 11.1 Å². The number of nitrogens with two attached hydrogens (primary N) is 1. The Hall–Kier alpha value is -1.50. The molecule has 20 heavy (non-hydrogen) atoms. The normalized spacial score (nSPS) is 25.4. The predicted molar refractivity (Wildman–Crippen MR) is 76.6 cm³/mol. The first-order valence-corrected chi connectivity index (χ1v) is 7.28. The number of nitrogens with zero attached hydrogens (tertiary/aromatic N) is 1. The molecule has 110 valence electrons. The van der Waals surface area contributed by atoms with Gasteiger partial charge >= 0.3 is 0 Å². The average Bonchev–Trinajstić information content (AvgIpc) is 2.87. The molecule has 1 saturated heterocycles. The Balaban J connectivity index is 2.32. The number of piperazine rings is 1. The molecule has 0 spiro atoms. The van der Waals surface area contributed by atoms with Crippen LogP contribution in [0.3, 0.4) is 0 Å². The van der Waals surface area contributed by atoms with Crippen LogP contribution in [0, 0.1) is 5.41 Å². The van der Waals surface area contributed by atoms with E-state index in [9.17, 15) is 14.4 Å². The van der Waals surface area contributed by atoms with Gasteiger partial charge in [-0.25, -0.2) is 0 Å². The van der Waals surface area contributed by atoms with Crippen LogP contribution in [0.5, 0.6) is 0 Å². The van der Waals surface area contributed by atoms with Crippen LogP contribution >= 0.6 is 12.2 Å². The Kier molecular flexibility index (Phi) is 4.08. The van der Waals surface area contributed by atoms with Crippen molar-refractivity contribution in [3.63, 3.8) is 0 Å². The highest BCUT2D eigenvalue weighted by Gasteiger charge is 2.49. The maximum atomic E-state index is 12.9. The van der Waals surface area contributed by atoms with Gasteiger partial charge in [0.2, 0.25) is 17.7 Å². The van der Waals surface area contributed by atoms with Crippen LogP contribution in [0.15, 0.2) is 0 Å². The maximum Gasteiger partial charge on any atom is 0.249 e. The summed E-state index contributed by atoms with van der Waals surface area (Å²) in [5.74, 6) is -1.14. The Morgan fingerprint density at radius 1 is 1.45 bits per heavy atom. The van der Waals surface area contributed by atoms with E-state index in [0.717, 1.165) is 12.8 Å². The Bertz CT molecular complexity index is 471. The summed E-state index contributed by atoms with van der Waals surface area (Å²) in [7, 11) is 0. The van der Waals surface area contributed by atoms with Crippen LogP contribution in [0.1, 0.15) is 39.0 Å². The number of amides is 3. The molecule has 1 atom stereocenters. The molecule has 0 aromatic carbocycles. The summed E-state index contributed by atoms with van der Waals surface area (Å²) in [6, 6.07) is -0.618. The summed E-state index contributed by atoms with van der Waals surface area (Å²) < 4.78 is 0. The number of hydrogen-bond donors (Lipinski definition) is 2. The quantitative estimate of drug-likeness (QED) is 0.569. The van der Waals surface area contributed by atoms with Crippen molar-refractivity contribution in [2.75, 3.05) is 6.54 Å². The van der Waals surface area contributed by atoms with Gasteiger partial charge in [-0.15, -0.1) is 0 Å². The minimum atomic E-state index is -0.874. The monoisotopic (exact) mass is 297 g/mol. The summed E-state index contributed by atoms with van der Waals surface area (Å²) in [4.78, 5) is 37.8. The van der Waals surface area contributed by atoms with E-state index < -0.39 is 23.3 Å². The van der Waals surface area contributed by atoms with Gasteiger partial charge in [-0.2, -0.15) is 0 Å². The number of carbonyl (C=O) groups is 3. The molecular formula is C13H19N3O3S. The van der Waals surface area contributed by atoms with Gasteiger partial charge in [-0.3, -0.25) is 19.7 Å². The van der Waals surface area contributed by atoms with Crippen molar-refractivity contribution in [1.29, 1.82) is 0 Å². The first-order chi connectivity index (χ1) is 9.42. The molecule has 1 heterocycles. The van der Waals surface area contributed by atoms with Crippen LogP contribution in [0.4, 0.5) is 0 Å². The summed E-state index contributed by atoms with van der Waals surface area (Å²) in [5.41, 5.74) is 4.92. The van der Waals surface area contributed by atoms with Gasteiger partial charge in [0.25, 0.3) is 0 Å². The van der Waals surface area contributed by atoms with Crippen LogP contribution in [0.2, 0.25) is 0 Å². The van der Waals surface area contributed by atoms with E-state index in [1.54, 1.807) is 0 Å².